The second kappa shape index (κ2) is 9.79. The molecule has 4 aromatic rings. The number of likely N-dealkylation sites (tertiary alicyclic amines) is 1. The number of amides is 1. The van der Waals surface area contributed by atoms with E-state index in [1.165, 1.54) is 12.1 Å². The molecule has 0 spiro atoms. The number of halogens is 3. The van der Waals surface area contributed by atoms with Gasteiger partial charge in [-0.3, -0.25) is 9.89 Å². The molecular weight excluding hydrogens is 467 g/mol. The zero-order chi connectivity index (χ0) is 25.3. The molecule has 0 radical (unpaired) electrons. The molecule has 0 unspecified atom stereocenters. The Morgan fingerprint density at radius 2 is 1.89 bits per heavy atom. The first-order valence-corrected chi connectivity index (χ1v) is 12.2. The smallest absolute Gasteiger partial charge is 0.334 e. The lowest BCUT2D eigenvalue weighted by molar-refractivity contribution is -0.137. The maximum Gasteiger partial charge on any atom is 0.416 e. The molecule has 0 saturated carbocycles. The van der Waals surface area contributed by atoms with Crippen LogP contribution in [-0.4, -0.2) is 37.1 Å². The van der Waals surface area contributed by atoms with Crippen molar-refractivity contribution < 1.29 is 18.0 Å². The summed E-state index contributed by atoms with van der Waals surface area (Å²) >= 11 is 0. The van der Waals surface area contributed by atoms with E-state index >= 15 is 0 Å². The molecule has 6 nitrogen and oxygen atoms in total. The van der Waals surface area contributed by atoms with Crippen molar-refractivity contribution in [3.05, 3.63) is 71.8 Å². The third kappa shape index (κ3) is 4.74. The molecule has 9 heteroatoms. The first-order chi connectivity index (χ1) is 17.3. The van der Waals surface area contributed by atoms with Crippen molar-refractivity contribution in [1.29, 1.82) is 0 Å². The van der Waals surface area contributed by atoms with E-state index in [1.54, 1.807) is 6.20 Å². The second-order valence-electron chi connectivity index (χ2n) is 9.27. The van der Waals surface area contributed by atoms with Crippen LogP contribution in [-0.2, 0) is 17.5 Å². The summed E-state index contributed by atoms with van der Waals surface area (Å²) in [5.41, 5.74) is 3.48. The number of imidazole rings is 1. The highest BCUT2D eigenvalue weighted by atomic mass is 19.4. The number of para-hydroxylation sites is 2. The number of rotatable bonds is 6. The fourth-order valence-electron chi connectivity index (χ4n) is 5.16. The number of carbonyl (C=O) groups excluding carboxylic acids is 1. The maximum absolute atomic E-state index is 13.3. The normalized spacial score (nSPS) is 16.6. The zero-order valence-corrected chi connectivity index (χ0v) is 20.1. The molecule has 1 N–H and O–H groups in total. The zero-order valence-electron chi connectivity index (χ0n) is 20.1. The monoisotopic (exact) mass is 495 g/mol. The average Bonchev–Trinajstić information content (AvgIpc) is 3.48. The summed E-state index contributed by atoms with van der Waals surface area (Å²) in [7, 11) is 0. The molecule has 2 aromatic heterocycles. The van der Waals surface area contributed by atoms with Crippen molar-refractivity contribution in [1.82, 2.24) is 24.6 Å². The van der Waals surface area contributed by atoms with Gasteiger partial charge in [0.2, 0.25) is 5.91 Å². The van der Waals surface area contributed by atoms with Crippen molar-refractivity contribution in [2.24, 2.45) is 0 Å². The molecule has 36 heavy (non-hydrogen) atoms. The number of benzene rings is 2. The van der Waals surface area contributed by atoms with Gasteiger partial charge in [-0.25, -0.2) is 4.98 Å². The standard InChI is InChI=1S/C27H28F3N5O/c1-18-32-22-7-2-3-8-23(22)34(18)16-6-10-25(36)35-15-5-4-9-24(35)26-21(17-31-33-26)19-11-13-20(14-12-19)27(28,29)30/h2-3,7-8,11-14,17,24H,4-6,9-10,15-16H2,1H3,(H,31,33)/t24-/m0/s1. The molecule has 1 aliphatic rings. The number of hydrogen-bond donors (Lipinski definition) is 1. The van der Waals surface area contributed by atoms with Gasteiger partial charge in [0.05, 0.1) is 34.5 Å². The Kier molecular flexibility index (Phi) is 6.55. The molecule has 1 fully saturated rings. The van der Waals surface area contributed by atoms with Gasteiger partial charge < -0.3 is 9.47 Å². The molecule has 2 aromatic carbocycles. The van der Waals surface area contributed by atoms with Gasteiger partial charge in [-0.1, -0.05) is 24.3 Å². The van der Waals surface area contributed by atoms with E-state index in [0.717, 1.165) is 59.5 Å². The molecule has 1 atom stereocenters. The molecule has 188 valence electrons. The number of carbonyl (C=O) groups is 1. The minimum atomic E-state index is -4.38. The van der Waals surface area contributed by atoms with E-state index in [9.17, 15) is 18.0 Å². The van der Waals surface area contributed by atoms with E-state index in [0.29, 0.717) is 31.5 Å². The largest absolute Gasteiger partial charge is 0.416 e. The van der Waals surface area contributed by atoms with Crippen molar-refractivity contribution >= 4 is 16.9 Å². The lowest BCUT2D eigenvalue weighted by atomic mass is 9.94. The van der Waals surface area contributed by atoms with E-state index < -0.39 is 11.7 Å². The number of alkyl halides is 3. The summed E-state index contributed by atoms with van der Waals surface area (Å²) in [6.45, 7) is 3.34. The first kappa shape index (κ1) is 24.1. The number of nitrogens with zero attached hydrogens (tertiary/aromatic N) is 4. The minimum Gasteiger partial charge on any atom is -0.334 e. The highest BCUT2D eigenvalue weighted by Crippen LogP contribution is 2.37. The van der Waals surface area contributed by atoms with Crippen LogP contribution in [0.4, 0.5) is 13.2 Å². The third-order valence-electron chi connectivity index (χ3n) is 6.97. The van der Waals surface area contributed by atoms with Gasteiger partial charge in [0.1, 0.15) is 5.82 Å². The Morgan fingerprint density at radius 1 is 1.11 bits per heavy atom. The fourth-order valence-corrected chi connectivity index (χ4v) is 5.16. The van der Waals surface area contributed by atoms with E-state index in [-0.39, 0.29) is 11.9 Å². The molecule has 1 saturated heterocycles. The molecule has 5 rings (SSSR count). The van der Waals surface area contributed by atoms with Crippen LogP contribution in [0.5, 0.6) is 0 Å². The Balaban J connectivity index is 1.30. The van der Waals surface area contributed by atoms with Crippen LogP contribution in [0.3, 0.4) is 0 Å². The average molecular weight is 496 g/mol. The second-order valence-corrected chi connectivity index (χ2v) is 9.27. The first-order valence-electron chi connectivity index (χ1n) is 12.2. The van der Waals surface area contributed by atoms with Gasteiger partial charge in [0.25, 0.3) is 0 Å². The number of aryl methyl sites for hydroxylation is 2. The van der Waals surface area contributed by atoms with Crippen molar-refractivity contribution in [2.45, 2.75) is 57.8 Å². The summed E-state index contributed by atoms with van der Waals surface area (Å²) in [6.07, 6.45) is 1.03. The maximum atomic E-state index is 13.3. The predicted molar refractivity (Wildman–Crippen MR) is 131 cm³/mol. The highest BCUT2D eigenvalue weighted by Gasteiger charge is 2.32. The third-order valence-corrected chi connectivity index (χ3v) is 6.97. The molecule has 0 aliphatic carbocycles. The highest BCUT2D eigenvalue weighted by molar-refractivity contribution is 5.78. The van der Waals surface area contributed by atoms with Crippen molar-refractivity contribution in [2.75, 3.05) is 6.54 Å². The van der Waals surface area contributed by atoms with Crippen LogP contribution >= 0.6 is 0 Å². The number of aromatic amines is 1. The number of fused-ring (bicyclic) bond motifs is 1. The molecular formula is C27H28F3N5O. The van der Waals surface area contributed by atoms with Gasteiger partial charge in [0.15, 0.2) is 0 Å². The minimum absolute atomic E-state index is 0.0785. The van der Waals surface area contributed by atoms with Crippen LogP contribution in [0.25, 0.3) is 22.2 Å². The predicted octanol–water partition coefficient (Wildman–Crippen LogP) is 6.29. The quantitative estimate of drug-likeness (QED) is 0.342. The molecule has 0 bridgehead atoms. The summed E-state index contributed by atoms with van der Waals surface area (Å²) < 4.78 is 41.1. The van der Waals surface area contributed by atoms with E-state index in [4.69, 9.17) is 0 Å². The SMILES string of the molecule is Cc1nc2ccccc2n1CCCC(=O)N1CCCC[C@H]1c1[nH]ncc1-c1ccc(C(F)(F)F)cc1. The Labute approximate surface area is 207 Å². The van der Waals surface area contributed by atoms with Crippen LogP contribution in [0.1, 0.15) is 55.2 Å². The molecule has 1 aliphatic heterocycles. The summed E-state index contributed by atoms with van der Waals surface area (Å²) in [6, 6.07) is 12.9. The summed E-state index contributed by atoms with van der Waals surface area (Å²) in [5, 5.41) is 7.21. The van der Waals surface area contributed by atoms with Crippen molar-refractivity contribution in [3.8, 4) is 11.1 Å². The number of aromatic nitrogens is 4. The van der Waals surface area contributed by atoms with Gasteiger partial charge in [-0.2, -0.15) is 18.3 Å². The van der Waals surface area contributed by atoms with E-state index in [2.05, 4.69) is 19.7 Å². The molecule has 1 amide bonds. The Bertz CT molecular complexity index is 1360. The van der Waals surface area contributed by atoms with Gasteiger partial charge >= 0.3 is 6.18 Å². The van der Waals surface area contributed by atoms with E-state index in [1.807, 2.05) is 36.1 Å². The Morgan fingerprint density at radius 3 is 2.67 bits per heavy atom. The number of H-pyrrole nitrogens is 1. The topological polar surface area (TPSA) is 66.8 Å². The lowest BCUT2D eigenvalue weighted by Gasteiger charge is -2.36. The lowest BCUT2D eigenvalue weighted by Crippen LogP contribution is -2.38. The van der Waals surface area contributed by atoms with Gasteiger partial charge in [-0.05, 0) is 62.4 Å². The van der Waals surface area contributed by atoms with Crippen LogP contribution in [0.2, 0.25) is 0 Å². The molecule has 3 heterocycles. The van der Waals surface area contributed by atoms with Crippen molar-refractivity contribution in [3.63, 3.8) is 0 Å². The number of hydrogen-bond acceptors (Lipinski definition) is 3. The van der Waals surface area contributed by atoms with Crippen LogP contribution in [0, 0.1) is 6.92 Å². The van der Waals surface area contributed by atoms with Gasteiger partial charge in [0, 0.05) is 25.1 Å². The number of nitrogens with one attached hydrogen (secondary N) is 1. The van der Waals surface area contributed by atoms with Gasteiger partial charge in [-0.15, -0.1) is 0 Å². The Hall–Kier alpha value is -3.62. The number of piperidine rings is 1. The summed E-state index contributed by atoms with van der Waals surface area (Å²) in [5.74, 6) is 1.01. The van der Waals surface area contributed by atoms with Crippen LogP contribution in [0.15, 0.2) is 54.7 Å². The summed E-state index contributed by atoms with van der Waals surface area (Å²) in [4.78, 5) is 19.8. The van der Waals surface area contributed by atoms with Crippen LogP contribution < -0.4 is 0 Å². The fraction of sp³-hybridized carbons (Fsp3) is 0.370.